The predicted molar refractivity (Wildman–Crippen MR) is 219 cm³/mol. The second kappa shape index (κ2) is 9.63. The molecule has 0 amide bonds. The Morgan fingerprint density at radius 2 is 1.00 bits per heavy atom. The highest BCUT2D eigenvalue weighted by atomic mass is 15.0. The molecule has 4 heteroatoms. The lowest BCUT2D eigenvalue weighted by Gasteiger charge is -2.34. The van der Waals surface area contributed by atoms with Gasteiger partial charge in [-0.15, -0.1) is 0 Å². The SMILES string of the molecule is C1=Cc2c(n(-c3ccc(-c4cc5c6c(c4)-n4c7ccccc7c7cccc(c74)B6c4cccc6c7ccccc7n-5c46)cc3)c3ccccc23)CC1. The molecule has 0 bridgehead atoms. The number of aromatic nitrogens is 3. The van der Waals surface area contributed by atoms with Gasteiger partial charge in [-0.3, -0.25) is 0 Å². The number of benzene rings is 7. The van der Waals surface area contributed by atoms with Crippen molar-refractivity contribution in [2.24, 2.45) is 0 Å². The van der Waals surface area contributed by atoms with E-state index < -0.39 is 0 Å². The molecule has 0 unspecified atom stereocenters. The Morgan fingerprint density at radius 3 is 1.62 bits per heavy atom. The summed E-state index contributed by atoms with van der Waals surface area (Å²) in [5.41, 5.74) is 19.6. The van der Waals surface area contributed by atoms with Gasteiger partial charge >= 0.3 is 0 Å². The molecule has 10 aromatic rings. The third-order valence-corrected chi connectivity index (χ3v) is 12.3. The zero-order valence-electron chi connectivity index (χ0n) is 28.3. The molecule has 0 atom stereocenters. The minimum Gasteiger partial charge on any atom is -0.313 e. The topological polar surface area (TPSA) is 14.8 Å². The summed E-state index contributed by atoms with van der Waals surface area (Å²) in [4.78, 5) is 0. The van der Waals surface area contributed by atoms with Crippen molar-refractivity contribution in [3.63, 3.8) is 0 Å². The average Bonchev–Trinajstić information content (AvgIpc) is 3.85. The summed E-state index contributed by atoms with van der Waals surface area (Å²) in [6.45, 7) is 0.143. The quantitative estimate of drug-likeness (QED) is 0.164. The van der Waals surface area contributed by atoms with Crippen molar-refractivity contribution in [2.75, 3.05) is 0 Å². The van der Waals surface area contributed by atoms with Crippen LogP contribution in [0.4, 0.5) is 0 Å². The summed E-state index contributed by atoms with van der Waals surface area (Å²) in [5.74, 6) is 0. The fourth-order valence-electron chi connectivity index (χ4n) is 10.3. The minimum absolute atomic E-state index is 0.143. The Kier molecular flexibility index (Phi) is 5.04. The van der Waals surface area contributed by atoms with Crippen molar-refractivity contribution in [3.8, 4) is 28.2 Å². The first kappa shape index (κ1) is 27.2. The van der Waals surface area contributed by atoms with E-state index in [2.05, 4.69) is 171 Å². The average molecular weight is 660 g/mol. The van der Waals surface area contributed by atoms with Crippen LogP contribution in [0.5, 0.6) is 0 Å². The van der Waals surface area contributed by atoms with Crippen LogP contribution in [0.2, 0.25) is 0 Å². The van der Waals surface area contributed by atoms with Crippen molar-refractivity contribution in [3.05, 3.63) is 163 Å². The van der Waals surface area contributed by atoms with Crippen LogP contribution in [0, 0.1) is 0 Å². The molecule has 52 heavy (non-hydrogen) atoms. The van der Waals surface area contributed by atoms with Crippen LogP contribution in [0.3, 0.4) is 0 Å². The van der Waals surface area contributed by atoms with Crippen molar-refractivity contribution in [1.82, 2.24) is 13.7 Å². The smallest absolute Gasteiger partial charge is 0.252 e. The normalized spacial score (nSPS) is 13.9. The third kappa shape index (κ3) is 3.25. The van der Waals surface area contributed by atoms with Crippen LogP contribution in [0.25, 0.3) is 88.8 Å². The fraction of sp³-hybridized carbons (Fsp3) is 0.0417. The van der Waals surface area contributed by atoms with E-state index in [1.165, 1.54) is 110 Å². The highest BCUT2D eigenvalue weighted by Gasteiger charge is 2.40. The van der Waals surface area contributed by atoms with Crippen molar-refractivity contribution in [2.45, 2.75) is 12.8 Å². The van der Waals surface area contributed by atoms with Gasteiger partial charge < -0.3 is 13.7 Å². The number of para-hydroxylation sites is 5. The molecule has 3 nitrogen and oxygen atoms in total. The van der Waals surface area contributed by atoms with Crippen molar-refractivity contribution < 1.29 is 0 Å². The molecular formula is C48H30BN3. The molecule has 3 aromatic heterocycles. The van der Waals surface area contributed by atoms with Crippen LogP contribution < -0.4 is 16.4 Å². The maximum atomic E-state index is 2.57. The van der Waals surface area contributed by atoms with Crippen LogP contribution in [0.1, 0.15) is 17.7 Å². The molecule has 0 saturated carbocycles. The minimum atomic E-state index is 0.143. The Balaban J connectivity index is 1.11. The number of hydrogen-bond donors (Lipinski definition) is 0. The van der Waals surface area contributed by atoms with Crippen LogP contribution in [-0.4, -0.2) is 20.4 Å². The molecule has 240 valence electrons. The Hall–Kier alpha value is -6.52. The molecule has 0 saturated heterocycles. The second-order valence-electron chi connectivity index (χ2n) is 14.8. The first-order valence-electron chi connectivity index (χ1n) is 18.5. The van der Waals surface area contributed by atoms with Gasteiger partial charge in [0.05, 0.1) is 16.6 Å². The lowest BCUT2D eigenvalue weighted by Crippen LogP contribution is -2.59. The molecule has 5 heterocycles. The summed E-state index contributed by atoms with van der Waals surface area (Å²) in [7, 11) is 0. The van der Waals surface area contributed by atoms with Gasteiger partial charge in [0, 0.05) is 66.3 Å². The number of allylic oxidation sites excluding steroid dienone is 1. The van der Waals surface area contributed by atoms with E-state index in [-0.39, 0.29) is 6.71 Å². The summed E-state index contributed by atoms with van der Waals surface area (Å²) < 4.78 is 7.62. The maximum Gasteiger partial charge on any atom is 0.252 e. The van der Waals surface area contributed by atoms with Crippen LogP contribution in [-0.2, 0) is 6.42 Å². The lowest BCUT2D eigenvalue weighted by atomic mass is 9.34. The number of fused-ring (bicyclic) bond motifs is 13. The number of rotatable bonds is 2. The summed E-state index contributed by atoms with van der Waals surface area (Å²) in [6, 6.07) is 54.9. The van der Waals surface area contributed by atoms with Gasteiger partial charge in [-0.25, -0.2) is 0 Å². The van der Waals surface area contributed by atoms with E-state index in [1.54, 1.807) is 0 Å². The summed E-state index contributed by atoms with van der Waals surface area (Å²) in [5, 5.41) is 6.59. The monoisotopic (exact) mass is 659 g/mol. The first-order chi connectivity index (χ1) is 25.8. The zero-order valence-corrected chi connectivity index (χ0v) is 28.3. The Labute approximate surface area is 300 Å². The number of hydrogen-bond acceptors (Lipinski definition) is 0. The van der Waals surface area contributed by atoms with Gasteiger partial charge in [-0.2, -0.15) is 0 Å². The first-order valence-corrected chi connectivity index (χ1v) is 18.5. The van der Waals surface area contributed by atoms with Crippen LogP contribution in [0.15, 0.2) is 152 Å². The van der Waals surface area contributed by atoms with E-state index in [0.29, 0.717) is 0 Å². The molecule has 0 fully saturated rings. The Morgan fingerprint density at radius 1 is 0.462 bits per heavy atom. The highest BCUT2D eigenvalue weighted by Crippen LogP contribution is 2.41. The molecule has 0 radical (unpaired) electrons. The Bertz CT molecular complexity index is 3100. The van der Waals surface area contributed by atoms with Crippen molar-refractivity contribution in [1.29, 1.82) is 0 Å². The molecular weight excluding hydrogens is 629 g/mol. The molecule has 3 aliphatic rings. The van der Waals surface area contributed by atoms with Gasteiger partial charge in [-0.1, -0.05) is 115 Å². The van der Waals surface area contributed by atoms with Crippen LogP contribution >= 0.6 is 0 Å². The third-order valence-electron chi connectivity index (χ3n) is 12.3. The maximum absolute atomic E-state index is 2.57. The van der Waals surface area contributed by atoms with E-state index in [9.17, 15) is 0 Å². The molecule has 1 aliphatic carbocycles. The summed E-state index contributed by atoms with van der Waals surface area (Å²) >= 11 is 0. The fourth-order valence-corrected chi connectivity index (χ4v) is 10.3. The lowest BCUT2D eigenvalue weighted by molar-refractivity contribution is 0.888. The van der Waals surface area contributed by atoms with Crippen molar-refractivity contribution >= 4 is 83.7 Å². The number of nitrogens with zero attached hydrogens (tertiary/aromatic N) is 3. The molecule has 13 rings (SSSR count). The van der Waals surface area contributed by atoms with Gasteiger partial charge in [0.2, 0.25) is 0 Å². The van der Waals surface area contributed by atoms with Gasteiger partial charge in [0.25, 0.3) is 6.71 Å². The molecule has 0 N–H and O–H groups in total. The molecule has 7 aromatic carbocycles. The standard InChI is InChI=1S/C48H30BN3/c1-5-19-40-32(11-1)33-12-2-6-20-41(33)50(40)31-25-23-29(24-26-31)30-27-44-46-45(28-30)52-43-22-8-4-14-35(43)37-16-10-18-39(48(37)52)49(46)38-17-9-15-36-34-13-3-7-21-42(34)51(44)47(36)38/h1-5,7-19,21-28H,6,20H2. The van der Waals surface area contributed by atoms with E-state index in [0.717, 1.165) is 12.8 Å². The second-order valence-corrected chi connectivity index (χ2v) is 14.8. The predicted octanol–water partition coefficient (Wildman–Crippen LogP) is 9.59. The molecule has 2 aliphatic heterocycles. The largest absolute Gasteiger partial charge is 0.313 e. The van der Waals surface area contributed by atoms with Gasteiger partial charge in [0.1, 0.15) is 0 Å². The summed E-state index contributed by atoms with van der Waals surface area (Å²) in [6.07, 6.45) is 6.77. The zero-order chi connectivity index (χ0) is 33.7. The van der Waals surface area contributed by atoms with Gasteiger partial charge in [0.15, 0.2) is 0 Å². The van der Waals surface area contributed by atoms with Gasteiger partial charge in [-0.05, 0) is 82.8 Å². The van der Waals surface area contributed by atoms with E-state index >= 15 is 0 Å². The van der Waals surface area contributed by atoms with E-state index in [1.807, 2.05) is 0 Å². The van der Waals surface area contributed by atoms with E-state index in [4.69, 9.17) is 0 Å². The highest BCUT2D eigenvalue weighted by molar-refractivity contribution is 7.00. The molecule has 0 spiro atoms.